The average Bonchev–Trinajstić information content (AvgIpc) is 3.25. The maximum Gasteiger partial charge on any atom is 0.270 e. The molecule has 2 aliphatic rings. The second-order valence-electron chi connectivity index (χ2n) is 6.40. The van der Waals surface area contributed by atoms with E-state index in [0.717, 1.165) is 5.56 Å². The highest BCUT2D eigenvalue weighted by Crippen LogP contribution is 2.32. The minimum absolute atomic E-state index is 0.0287. The predicted molar refractivity (Wildman–Crippen MR) is 96.4 cm³/mol. The van der Waals surface area contributed by atoms with E-state index in [2.05, 4.69) is 20.6 Å². The number of fused-ring (bicyclic) bond motifs is 1. The summed E-state index contributed by atoms with van der Waals surface area (Å²) in [6, 6.07) is 6.79. The second kappa shape index (κ2) is 7.03. The SMILES string of the molecule is O=C(NC1CCS(=O)(=O)C1)c1cc(NCc2ccc3c(c2)OCO3)ncn1. The molecule has 0 aliphatic carbocycles. The van der Waals surface area contributed by atoms with Gasteiger partial charge >= 0.3 is 0 Å². The summed E-state index contributed by atoms with van der Waals surface area (Å²) < 4.78 is 33.6. The van der Waals surface area contributed by atoms with Crippen molar-refractivity contribution >= 4 is 21.6 Å². The monoisotopic (exact) mass is 390 g/mol. The molecule has 1 saturated heterocycles. The zero-order valence-electron chi connectivity index (χ0n) is 14.3. The van der Waals surface area contributed by atoms with Crippen molar-refractivity contribution in [2.45, 2.75) is 19.0 Å². The molecule has 1 unspecified atom stereocenters. The molecular weight excluding hydrogens is 372 g/mol. The Morgan fingerprint density at radius 2 is 2.04 bits per heavy atom. The number of benzene rings is 1. The zero-order chi connectivity index (χ0) is 18.9. The number of ether oxygens (including phenoxy) is 2. The number of carbonyl (C=O) groups excluding carboxylic acids is 1. The third-order valence-corrected chi connectivity index (χ3v) is 6.15. The first-order valence-electron chi connectivity index (χ1n) is 8.44. The van der Waals surface area contributed by atoms with Crippen LogP contribution in [0.5, 0.6) is 11.5 Å². The molecule has 0 spiro atoms. The third kappa shape index (κ3) is 4.11. The smallest absolute Gasteiger partial charge is 0.270 e. The van der Waals surface area contributed by atoms with Crippen LogP contribution in [0.4, 0.5) is 5.82 Å². The van der Waals surface area contributed by atoms with Crippen LogP contribution in [0.2, 0.25) is 0 Å². The van der Waals surface area contributed by atoms with Crippen molar-refractivity contribution in [1.82, 2.24) is 15.3 Å². The van der Waals surface area contributed by atoms with E-state index in [1.165, 1.54) is 12.4 Å². The molecule has 10 heteroatoms. The molecule has 0 radical (unpaired) electrons. The molecule has 4 rings (SSSR count). The fourth-order valence-corrected chi connectivity index (χ4v) is 4.66. The van der Waals surface area contributed by atoms with Gasteiger partial charge in [-0.25, -0.2) is 18.4 Å². The number of anilines is 1. The molecule has 2 aliphatic heterocycles. The van der Waals surface area contributed by atoms with E-state index in [9.17, 15) is 13.2 Å². The number of rotatable bonds is 5. The quantitative estimate of drug-likeness (QED) is 0.767. The lowest BCUT2D eigenvalue weighted by Crippen LogP contribution is -2.36. The lowest BCUT2D eigenvalue weighted by molar-refractivity contribution is 0.0936. The summed E-state index contributed by atoms with van der Waals surface area (Å²) in [7, 11) is -3.05. The van der Waals surface area contributed by atoms with Crippen LogP contribution in [-0.4, -0.2) is 48.6 Å². The van der Waals surface area contributed by atoms with Gasteiger partial charge in [-0.3, -0.25) is 4.79 Å². The van der Waals surface area contributed by atoms with Crippen LogP contribution < -0.4 is 20.1 Å². The summed E-state index contributed by atoms with van der Waals surface area (Å²) >= 11 is 0. The molecule has 2 aromatic rings. The fraction of sp³-hybridized carbons (Fsp3) is 0.353. The first kappa shape index (κ1) is 17.5. The molecule has 0 bridgehead atoms. The minimum Gasteiger partial charge on any atom is -0.454 e. The third-order valence-electron chi connectivity index (χ3n) is 4.38. The van der Waals surface area contributed by atoms with E-state index in [-0.39, 0.29) is 30.0 Å². The fourth-order valence-electron chi connectivity index (χ4n) is 2.99. The van der Waals surface area contributed by atoms with Crippen LogP contribution in [0.15, 0.2) is 30.6 Å². The van der Waals surface area contributed by atoms with Gasteiger partial charge in [-0.1, -0.05) is 6.07 Å². The molecule has 1 atom stereocenters. The summed E-state index contributed by atoms with van der Waals surface area (Å²) in [5.41, 5.74) is 1.16. The van der Waals surface area contributed by atoms with Gasteiger partial charge in [-0.2, -0.15) is 0 Å². The normalized spacial score (nSPS) is 19.6. The van der Waals surface area contributed by atoms with Gasteiger partial charge in [0.05, 0.1) is 11.5 Å². The molecule has 2 N–H and O–H groups in total. The Morgan fingerprint density at radius 3 is 2.85 bits per heavy atom. The highest BCUT2D eigenvalue weighted by Gasteiger charge is 2.29. The van der Waals surface area contributed by atoms with Crippen molar-refractivity contribution in [2.75, 3.05) is 23.6 Å². The van der Waals surface area contributed by atoms with Crippen molar-refractivity contribution in [1.29, 1.82) is 0 Å². The Labute approximate surface area is 156 Å². The molecule has 1 fully saturated rings. The van der Waals surface area contributed by atoms with Crippen molar-refractivity contribution in [2.24, 2.45) is 0 Å². The molecule has 1 aromatic heterocycles. The number of sulfone groups is 1. The van der Waals surface area contributed by atoms with Crippen LogP contribution in [0.1, 0.15) is 22.5 Å². The van der Waals surface area contributed by atoms with E-state index in [4.69, 9.17) is 9.47 Å². The summed E-state index contributed by atoms with van der Waals surface area (Å²) in [6.07, 6.45) is 1.72. The van der Waals surface area contributed by atoms with Gasteiger partial charge in [-0.15, -0.1) is 0 Å². The number of hydrogen-bond donors (Lipinski definition) is 2. The Kier molecular flexibility index (Phi) is 4.56. The van der Waals surface area contributed by atoms with Crippen molar-refractivity contribution in [3.8, 4) is 11.5 Å². The maximum atomic E-state index is 12.3. The van der Waals surface area contributed by atoms with E-state index in [1.54, 1.807) is 0 Å². The molecule has 9 nitrogen and oxygen atoms in total. The summed E-state index contributed by atoms with van der Waals surface area (Å²) in [4.78, 5) is 20.4. The number of nitrogens with one attached hydrogen (secondary N) is 2. The Balaban J connectivity index is 1.38. The van der Waals surface area contributed by atoms with Crippen LogP contribution in [0, 0.1) is 0 Å². The molecular formula is C17H18N4O5S. The van der Waals surface area contributed by atoms with E-state index in [1.807, 2.05) is 18.2 Å². The lowest BCUT2D eigenvalue weighted by Gasteiger charge is -2.11. The highest BCUT2D eigenvalue weighted by molar-refractivity contribution is 7.91. The molecule has 1 amide bonds. The topological polar surface area (TPSA) is 120 Å². The number of nitrogens with zero attached hydrogens (tertiary/aromatic N) is 2. The van der Waals surface area contributed by atoms with Crippen molar-refractivity contribution in [3.63, 3.8) is 0 Å². The van der Waals surface area contributed by atoms with Crippen LogP contribution in [-0.2, 0) is 16.4 Å². The Morgan fingerprint density at radius 1 is 1.19 bits per heavy atom. The first-order valence-corrected chi connectivity index (χ1v) is 10.3. The molecule has 3 heterocycles. The zero-order valence-corrected chi connectivity index (χ0v) is 15.2. The molecule has 0 saturated carbocycles. The largest absolute Gasteiger partial charge is 0.454 e. The second-order valence-corrected chi connectivity index (χ2v) is 8.63. The highest BCUT2D eigenvalue weighted by atomic mass is 32.2. The maximum absolute atomic E-state index is 12.3. The van der Waals surface area contributed by atoms with E-state index in [0.29, 0.717) is 30.3 Å². The van der Waals surface area contributed by atoms with Gasteiger partial charge in [0.25, 0.3) is 5.91 Å². The van der Waals surface area contributed by atoms with Crippen molar-refractivity contribution < 1.29 is 22.7 Å². The number of amides is 1. The number of hydrogen-bond acceptors (Lipinski definition) is 8. The van der Waals surface area contributed by atoms with Gasteiger partial charge in [0.15, 0.2) is 21.3 Å². The molecule has 1 aromatic carbocycles. The Hall–Kier alpha value is -2.88. The van der Waals surface area contributed by atoms with Crippen LogP contribution >= 0.6 is 0 Å². The summed E-state index contributed by atoms with van der Waals surface area (Å²) in [6.45, 7) is 0.703. The number of carbonyl (C=O) groups is 1. The Bertz CT molecular complexity index is 979. The summed E-state index contributed by atoms with van der Waals surface area (Å²) in [5.74, 6) is 1.57. The van der Waals surface area contributed by atoms with Gasteiger partial charge in [0, 0.05) is 18.7 Å². The van der Waals surface area contributed by atoms with Gasteiger partial charge < -0.3 is 20.1 Å². The van der Waals surface area contributed by atoms with E-state index < -0.39 is 15.7 Å². The molecule has 27 heavy (non-hydrogen) atoms. The first-order chi connectivity index (χ1) is 13.0. The van der Waals surface area contributed by atoms with E-state index >= 15 is 0 Å². The summed E-state index contributed by atoms with van der Waals surface area (Å²) in [5, 5.41) is 5.84. The number of aromatic nitrogens is 2. The minimum atomic E-state index is -3.05. The molecule has 142 valence electrons. The van der Waals surface area contributed by atoms with Gasteiger partial charge in [0.2, 0.25) is 6.79 Å². The lowest BCUT2D eigenvalue weighted by atomic mass is 10.2. The van der Waals surface area contributed by atoms with Crippen molar-refractivity contribution in [3.05, 3.63) is 41.9 Å². The van der Waals surface area contributed by atoms with Crippen LogP contribution in [0.3, 0.4) is 0 Å². The predicted octanol–water partition coefficient (Wildman–Crippen LogP) is 0.734. The van der Waals surface area contributed by atoms with Gasteiger partial charge in [0.1, 0.15) is 17.8 Å². The average molecular weight is 390 g/mol. The van der Waals surface area contributed by atoms with Gasteiger partial charge in [-0.05, 0) is 24.1 Å². The van der Waals surface area contributed by atoms with Crippen LogP contribution in [0.25, 0.3) is 0 Å². The standard InChI is InChI=1S/C17H18N4O5S/c22-17(21-12-3-4-27(23,24)8-12)13-6-16(20-9-19-13)18-7-11-1-2-14-15(5-11)26-10-25-14/h1-2,5-6,9,12H,3-4,7-8,10H2,(H,21,22)(H,18,19,20).